The molecule has 0 bridgehead atoms. The van der Waals surface area contributed by atoms with Crippen LogP contribution in [0.1, 0.15) is 19.3 Å². The van der Waals surface area contributed by atoms with Crippen molar-refractivity contribution in [2.24, 2.45) is 5.41 Å². The van der Waals surface area contributed by atoms with E-state index in [1.54, 1.807) is 0 Å². The van der Waals surface area contributed by atoms with Gasteiger partial charge in [0.05, 0.1) is 11.7 Å². The summed E-state index contributed by atoms with van der Waals surface area (Å²) in [5.74, 6) is -0.423. The van der Waals surface area contributed by atoms with E-state index in [1.165, 1.54) is 4.31 Å². The highest BCUT2D eigenvalue weighted by molar-refractivity contribution is 7.88. The molecule has 2 amide bonds. The fourth-order valence-corrected chi connectivity index (χ4v) is 4.84. The van der Waals surface area contributed by atoms with Crippen molar-refractivity contribution in [3.63, 3.8) is 0 Å². The number of anilines is 1. The second kappa shape index (κ2) is 8.08. The minimum absolute atomic E-state index is 0.156. The molecule has 1 aromatic rings. The summed E-state index contributed by atoms with van der Waals surface area (Å²) < 4.78 is 24.8. The average Bonchev–Trinajstić information content (AvgIpc) is 3.24. The molecule has 0 aromatic heterocycles. The van der Waals surface area contributed by atoms with Gasteiger partial charge >= 0.3 is 0 Å². The molecule has 2 saturated heterocycles. The molecule has 2 aliphatic heterocycles. The third-order valence-corrected chi connectivity index (χ3v) is 6.90. The quantitative estimate of drug-likeness (QED) is 0.627. The van der Waals surface area contributed by atoms with Gasteiger partial charge in [0.15, 0.2) is 0 Å². The number of rotatable bonds is 7. The van der Waals surface area contributed by atoms with E-state index in [0.29, 0.717) is 25.9 Å². The van der Waals surface area contributed by atoms with E-state index < -0.39 is 21.5 Å². The predicted octanol–water partition coefficient (Wildman–Crippen LogP) is 0.169. The Kier molecular flexibility index (Phi) is 5.95. The number of hydrogen-bond donors (Lipinski definition) is 2. The van der Waals surface area contributed by atoms with E-state index in [4.69, 9.17) is 0 Å². The fourth-order valence-electron chi connectivity index (χ4n) is 3.94. The second-order valence-corrected chi connectivity index (χ2v) is 9.74. The molecule has 3 rings (SSSR count). The summed E-state index contributed by atoms with van der Waals surface area (Å²) in [6.07, 6.45) is 2.73. The Bertz CT molecular complexity index is 830. The van der Waals surface area contributed by atoms with Crippen LogP contribution in [0, 0.1) is 5.41 Å². The van der Waals surface area contributed by atoms with Crippen LogP contribution in [0.4, 0.5) is 5.69 Å². The van der Waals surface area contributed by atoms with Gasteiger partial charge in [-0.25, -0.2) is 12.7 Å². The largest absolute Gasteiger partial charge is 0.375 e. The molecule has 1 aromatic carbocycles. The van der Waals surface area contributed by atoms with Crippen LogP contribution in [-0.2, 0) is 19.6 Å². The maximum atomic E-state index is 12.5. The van der Waals surface area contributed by atoms with Crippen LogP contribution < -0.4 is 15.5 Å². The molecule has 2 fully saturated rings. The Labute approximate surface area is 166 Å². The van der Waals surface area contributed by atoms with Gasteiger partial charge in [0.1, 0.15) is 6.04 Å². The van der Waals surface area contributed by atoms with Gasteiger partial charge in [-0.3, -0.25) is 9.59 Å². The lowest BCUT2D eigenvalue weighted by Gasteiger charge is -2.20. The van der Waals surface area contributed by atoms with Crippen molar-refractivity contribution in [1.82, 2.24) is 14.9 Å². The summed E-state index contributed by atoms with van der Waals surface area (Å²) in [6.45, 7) is 1.80. The normalized spacial score (nSPS) is 25.1. The molecule has 2 N–H and O–H groups in total. The Morgan fingerprint density at radius 3 is 2.71 bits per heavy atom. The molecule has 2 atom stereocenters. The molecule has 8 nitrogen and oxygen atoms in total. The maximum absolute atomic E-state index is 12.5. The van der Waals surface area contributed by atoms with Gasteiger partial charge in [-0.15, -0.1) is 0 Å². The SMILES string of the molecule is CN(CCCNC(=O)[C@@H]1C[C@]2(CCN(S(C)(=O)=O)C2)C(=O)N1)c1ccccc1. The number of para-hydroxylation sites is 1. The van der Waals surface area contributed by atoms with Gasteiger partial charge in [-0.05, 0) is 31.4 Å². The van der Waals surface area contributed by atoms with Crippen LogP contribution in [-0.4, -0.2) is 70.1 Å². The van der Waals surface area contributed by atoms with Gasteiger partial charge in [0.2, 0.25) is 21.8 Å². The van der Waals surface area contributed by atoms with Crippen molar-refractivity contribution >= 4 is 27.5 Å². The molecule has 2 heterocycles. The number of carbonyl (C=O) groups is 2. The first-order valence-corrected chi connectivity index (χ1v) is 11.4. The first-order chi connectivity index (χ1) is 13.2. The Morgan fingerprint density at radius 2 is 2.07 bits per heavy atom. The molecule has 0 unspecified atom stereocenters. The van der Waals surface area contributed by atoms with Crippen molar-refractivity contribution in [3.8, 4) is 0 Å². The third-order valence-electron chi connectivity index (χ3n) is 5.65. The number of nitrogens with one attached hydrogen (secondary N) is 2. The van der Waals surface area contributed by atoms with Crippen LogP contribution in [0.15, 0.2) is 30.3 Å². The van der Waals surface area contributed by atoms with Gasteiger partial charge < -0.3 is 15.5 Å². The van der Waals surface area contributed by atoms with E-state index >= 15 is 0 Å². The summed E-state index contributed by atoms with van der Waals surface area (Å²) in [6, 6.07) is 9.42. The van der Waals surface area contributed by atoms with E-state index in [0.717, 1.165) is 24.9 Å². The Morgan fingerprint density at radius 1 is 1.36 bits per heavy atom. The third kappa shape index (κ3) is 4.47. The molecule has 1 spiro atoms. The minimum Gasteiger partial charge on any atom is -0.375 e. The zero-order chi connectivity index (χ0) is 20.4. The van der Waals surface area contributed by atoms with Crippen molar-refractivity contribution < 1.29 is 18.0 Å². The molecule has 28 heavy (non-hydrogen) atoms. The van der Waals surface area contributed by atoms with E-state index in [2.05, 4.69) is 15.5 Å². The van der Waals surface area contributed by atoms with Crippen LogP contribution in [0.2, 0.25) is 0 Å². The molecule has 9 heteroatoms. The lowest BCUT2D eigenvalue weighted by molar-refractivity contribution is -0.128. The summed E-state index contributed by atoms with van der Waals surface area (Å²) in [4.78, 5) is 27.0. The smallest absolute Gasteiger partial charge is 0.242 e. The molecule has 0 radical (unpaired) electrons. The van der Waals surface area contributed by atoms with Gasteiger partial charge in [0, 0.05) is 38.9 Å². The van der Waals surface area contributed by atoms with Crippen molar-refractivity contribution in [3.05, 3.63) is 30.3 Å². The molecular formula is C19H28N4O4S. The monoisotopic (exact) mass is 408 g/mol. The minimum atomic E-state index is -3.33. The first-order valence-electron chi connectivity index (χ1n) is 9.51. The van der Waals surface area contributed by atoms with E-state index in [-0.39, 0.29) is 18.4 Å². The van der Waals surface area contributed by atoms with Crippen molar-refractivity contribution in [1.29, 1.82) is 0 Å². The Hall–Kier alpha value is -2.13. The average molecular weight is 409 g/mol. The van der Waals surface area contributed by atoms with Crippen LogP contribution >= 0.6 is 0 Å². The summed E-state index contributed by atoms with van der Waals surface area (Å²) in [5.41, 5.74) is 0.342. The molecule has 0 saturated carbocycles. The fraction of sp³-hybridized carbons (Fsp3) is 0.579. The Balaban J connectivity index is 1.45. The summed E-state index contributed by atoms with van der Waals surface area (Å²) in [5, 5.41) is 5.64. The number of nitrogens with zero attached hydrogens (tertiary/aromatic N) is 2. The number of carbonyl (C=O) groups excluding carboxylic acids is 2. The number of benzene rings is 1. The van der Waals surface area contributed by atoms with Crippen molar-refractivity contribution in [2.45, 2.75) is 25.3 Å². The number of hydrogen-bond acceptors (Lipinski definition) is 5. The standard InChI is InChI=1S/C19H28N4O4S/c1-22(15-7-4-3-5-8-15)11-6-10-20-17(24)16-13-19(18(25)21-16)9-12-23(14-19)28(2,26)27/h3-5,7-8,16H,6,9-14H2,1-2H3,(H,20,24)(H,21,25)/t16-,19-/m0/s1. The molecular weight excluding hydrogens is 380 g/mol. The molecule has 0 aliphatic carbocycles. The van der Waals surface area contributed by atoms with Gasteiger partial charge in [0.25, 0.3) is 0 Å². The van der Waals surface area contributed by atoms with Crippen LogP contribution in [0.5, 0.6) is 0 Å². The number of amides is 2. The lowest BCUT2D eigenvalue weighted by Crippen LogP contribution is -2.42. The van der Waals surface area contributed by atoms with Gasteiger partial charge in [-0.1, -0.05) is 18.2 Å². The lowest BCUT2D eigenvalue weighted by atomic mass is 9.84. The summed E-state index contributed by atoms with van der Waals surface area (Å²) >= 11 is 0. The van der Waals surface area contributed by atoms with Crippen LogP contribution in [0.3, 0.4) is 0 Å². The number of sulfonamides is 1. The zero-order valence-corrected chi connectivity index (χ0v) is 17.2. The highest BCUT2D eigenvalue weighted by Crippen LogP contribution is 2.40. The molecule has 154 valence electrons. The topological polar surface area (TPSA) is 98.8 Å². The predicted molar refractivity (Wildman–Crippen MR) is 107 cm³/mol. The maximum Gasteiger partial charge on any atom is 0.242 e. The van der Waals surface area contributed by atoms with E-state index in [1.807, 2.05) is 37.4 Å². The zero-order valence-electron chi connectivity index (χ0n) is 16.3. The first kappa shape index (κ1) is 20.6. The highest BCUT2D eigenvalue weighted by Gasteiger charge is 2.53. The van der Waals surface area contributed by atoms with Crippen LogP contribution in [0.25, 0.3) is 0 Å². The highest BCUT2D eigenvalue weighted by atomic mass is 32.2. The summed E-state index contributed by atoms with van der Waals surface area (Å²) in [7, 11) is -1.32. The van der Waals surface area contributed by atoms with Gasteiger partial charge in [-0.2, -0.15) is 0 Å². The van der Waals surface area contributed by atoms with Crippen molar-refractivity contribution in [2.75, 3.05) is 44.4 Å². The van der Waals surface area contributed by atoms with E-state index in [9.17, 15) is 18.0 Å². The second-order valence-electron chi connectivity index (χ2n) is 7.76. The molecule has 2 aliphatic rings.